The highest BCUT2D eigenvalue weighted by molar-refractivity contribution is 6.31. The summed E-state index contributed by atoms with van der Waals surface area (Å²) in [6.07, 6.45) is 0. The number of benzene rings is 1. The van der Waals surface area contributed by atoms with Crippen molar-refractivity contribution in [3.63, 3.8) is 0 Å². The molecule has 0 aliphatic rings. The van der Waals surface area contributed by atoms with Gasteiger partial charge in [0, 0.05) is 30.3 Å². The Morgan fingerprint density at radius 3 is 2.47 bits per heavy atom. The van der Waals surface area contributed by atoms with Gasteiger partial charge >= 0.3 is 0 Å². The van der Waals surface area contributed by atoms with Crippen molar-refractivity contribution in [2.45, 2.75) is 39.8 Å². The highest BCUT2D eigenvalue weighted by Crippen LogP contribution is 2.24. The van der Waals surface area contributed by atoms with E-state index in [0.29, 0.717) is 6.54 Å². The lowest BCUT2D eigenvalue weighted by atomic mass is 10.1. The van der Waals surface area contributed by atoms with E-state index in [-0.39, 0.29) is 0 Å². The minimum atomic E-state index is -0.717. The van der Waals surface area contributed by atoms with Crippen LogP contribution in [0.15, 0.2) is 18.2 Å². The fraction of sp³-hybridized carbons (Fsp3) is 0.600. The molecule has 0 amide bonds. The van der Waals surface area contributed by atoms with Crippen molar-refractivity contribution < 1.29 is 5.11 Å². The monoisotopic (exact) mass is 284 g/mol. The van der Waals surface area contributed by atoms with Crippen LogP contribution in [-0.4, -0.2) is 30.3 Å². The third kappa shape index (κ3) is 5.39. The number of hydrogen-bond donors (Lipinski definition) is 2. The molecular formula is C15H25ClN2O. The lowest BCUT2D eigenvalue weighted by Gasteiger charge is -2.30. The summed E-state index contributed by atoms with van der Waals surface area (Å²) >= 11 is 6.31. The zero-order chi connectivity index (χ0) is 14.5. The Kier molecular flexibility index (Phi) is 6.11. The molecule has 1 aromatic rings. The van der Waals surface area contributed by atoms with Gasteiger partial charge in [-0.15, -0.1) is 0 Å². The molecule has 0 aliphatic heterocycles. The summed E-state index contributed by atoms with van der Waals surface area (Å²) in [5.41, 5.74) is 1.44. The summed E-state index contributed by atoms with van der Waals surface area (Å²) in [5, 5.41) is 14.0. The fourth-order valence-electron chi connectivity index (χ4n) is 1.99. The number of nitrogens with one attached hydrogen (secondary N) is 1. The van der Waals surface area contributed by atoms with Crippen LogP contribution in [0.1, 0.15) is 33.3 Å². The molecule has 4 heteroatoms. The van der Waals surface area contributed by atoms with E-state index in [9.17, 15) is 5.11 Å². The van der Waals surface area contributed by atoms with Gasteiger partial charge in [0.25, 0.3) is 0 Å². The number of halogens is 1. The van der Waals surface area contributed by atoms with E-state index in [4.69, 9.17) is 11.6 Å². The second-order valence-corrected chi connectivity index (χ2v) is 5.79. The number of likely N-dealkylation sites (N-methyl/N-ethyl adjacent to an activating group) is 1. The maximum Gasteiger partial charge on any atom is 0.0765 e. The molecule has 3 nitrogen and oxygen atoms in total. The molecule has 0 heterocycles. The topological polar surface area (TPSA) is 35.5 Å². The molecule has 0 saturated carbocycles. The van der Waals surface area contributed by atoms with Crippen LogP contribution in [0.2, 0.25) is 5.02 Å². The van der Waals surface area contributed by atoms with Gasteiger partial charge in [-0.3, -0.25) is 0 Å². The predicted molar refractivity (Wildman–Crippen MR) is 83.0 cm³/mol. The van der Waals surface area contributed by atoms with Crippen LogP contribution in [0.25, 0.3) is 0 Å². The zero-order valence-corrected chi connectivity index (χ0v) is 13.1. The van der Waals surface area contributed by atoms with E-state index in [0.717, 1.165) is 35.9 Å². The molecule has 0 bridgehead atoms. The number of aliphatic hydroxyl groups is 1. The standard InChI is InChI=1S/C15H25ClN2O/c1-5-17-10-12-7-8-13(9-14(12)16)18(6-2)11-15(3,4)19/h7-9,17,19H,5-6,10-11H2,1-4H3. The van der Waals surface area contributed by atoms with Gasteiger partial charge in [0.1, 0.15) is 0 Å². The van der Waals surface area contributed by atoms with Crippen molar-refractivity contribution >= 4 is 17.3 Å². The summed E-state index contributed by atoms with van der Waals surface area (Å²) in [7, 11) is 0. The van der Waals surface area contributed by atoms with Crippen LogP contribution in [0.5, 0.6) is 0 Å². The second kappa shape index (κ2) is 7.13. The molecule has 0 aliphatic carbocycles. The van der Waals surface area contributed by atoms with E-state index in [1.54, 1.807) is 0 Å². The minimum Gasteiger partial charge on any atom is -0.389 e. The SMILES string of the molecule is CCNCc1ccc(N(CC)CC(C)(C)O)cc1Cl. The Morgan fingerprint density at radius 1 is 1.32 bits per heavy atom. The van der Waals surface area contributed by atoms with Crippen molar-refractivity contribution in [1.29, 1.82) is 0 Å². The van der Waals surface area contributed by atoms with Crippen molar-refractivity contribution in [2.24, 2.45) is 0 Å². The van der Waals surface area contributed by atoms with Crippen molar-refractivity contribution in [2.75, 3.05) is 24.5 Å². The summed E-state index contributed by atoms with van der Waals surface area (Å²) in [5.74, 6) is 0. The molecule has 2 N–H and O–H groups in total. The summed E-state index contributed by atoms with van der Waals surface area (Å²) in [4.78, 5) is 2.13. The number of nitrogens with zero attached hydrogens (tertiary/aromatic N) is 1. The van der Waals surface area contributed by atoms with Crippen molar-refractivity contribution in [3.8, 4) is 0 Å². The van der Waals surface area contributed by atoms with Gasteiger partial charge in [-0.25, -0.2) is 0 Å². The van der Waals surface area contributed by atoms with E-state index in [2.05, 4.69) is 30.1 Å². The van der Waals surface area contributed by atoms with Crippen molar-refractivity contribution in [3.05, 3.63) is 28.8 Å². The van der Waals surface area contributed by atoms with Gasteiger partial charge in [0.15, 0.2) is 0 Å². The van der Waals surface area contributed by atoms with Crippen LogP contribution in [0, 0.1) is 0 Å². The van der Waals surface area contributed by atoms with E-state index < -0.39 is 5.60 Å². The molecule has 0 unspecified atom stereocenters. The summed E-state index contributed by atoms with van der Waals surface area (Å²) < 4.78 is 0. The lowest BCUT2D eigenvalue weighted by molar-refractivity contribution is 0.0876. The maximum absolute atomic E-state index is 9.94. The Balaban J connectivity index is 2.85. The number of anilines is 1. The Morgan fingerprint density at radius 2 is 2.00 bits per heavy atom. The van der Waals surface area contributed by atoms with E-state index in [1.807, 2.05) is 26.0 Å². The Labute approximate surface area is 121 Å². The molecule has 19 heavy (non-hydrogen) atoms. The van der Waals surface area contributed by atoms with Crippen molar-refractivity contribution in [1.82, 2.24) is 5.32 Å². The number of hydrogen-bond acceptors (Lipinski definition) is 3. The van der Waals surface area contributed by atoms with Crippen LogP contribution in [0.3, 0.4) is 0 Å². The molecule has 108 valence electrons. The average molecular weight is 285 g/mol. The van der Waals surface area contributed by atoms with Gasteiger partial charge in [-0.1, -0.05) is 24.6 Å². The van der Waals surface area contributed by atoms with Crippen LogP contribution in [0.4, 0.5) is 5.69 Å². The van der Waals surface area contributed by atoms with Gasteiger partial charge < -0.3 is 15.3 Å². The molecule has 0 radical (unpaired) electrons. The molecule has 1 aromatic carbocycles. The van der Waals surface area contributed by atoms with Gasteiger partial charge in [0.2, 0.25) is 0 Å². The first-order chi connectivity index (χ1) is 8.87. The highest BCUT2D eigenvalue weighted by atomic mass is 35.5. The molecule has 0 saturated heterocycles. The largest absolute Gasteiger partial charge is 0.389 e. The molecule has 0 fully saturated rings. The van der Waals surface area contributed by atoms with E-state index >= 15 is 0 Å². The lowest BCUT2D eigenvalue weighted by Crippen LogP contribution is -2.38. The molecule has 0 aromatic heterocycles. The first kappa shape index (κ1) is 16.3. The molecule has 1 rings (SSSR count). The third-order valence-corrected chi connectivity index (χ3v) is 3.28. The average Bonchev–Trinajstić information content (AvgIpc) is 2.33. The second-order valence-electron chi connectivity index (χ2n) is 5.38. The smallest absolute Gasteiger partial charge is 0.0765 e. The van der Waals surface area contributed by atoms with E-state index in [1.165, 1.54) is 0 Å². The zero-order valence-electron chi connectivity index (χ0n) is 12.3. The highest BCUT2D eigenvalue weighted by Gasteiger charge is 2.18. The maximum atomic E-state index is 9.94. The quantitative estimate of drug-likeness (QED) is 0.808. The van der Waals surface area contributed by atoms with Gasteiger partial charge in [0.05, 0.1) is 5.60 Å². The first-order valence-electron chi connectivity index (χ1n) is 6.84. The minimum absolute atomic E-state index is 0.590. The summed E-state index contributed by atoms with van der Waals surface area (Å²) in [6, 6.07) is 6.09. The van der Waals surface area contributed by atoms with Crippen LogP contribution >= 0.6 is 11.6 Å². The molecular weight excluding hydrogens is 260 g/mol. The fourth-order valence-corrected chi connectivity index (χ4v) is 2.23. The van der Waals surface area contributed by atoms with Crippen LogP contribution < -0.4 is 10.2 Å². The number of rotatable bonds is 7. The normalized spacial score (nSPS) is 11.7. The first-order valence-corrected chi connectivity index (χ1v) is 7.21. The predicted octanol–water partition coefficient (Wildman–Crippen LogP) is 3.05. The molecule has 0 atom stereocenters. The van der Waals surface area contributed by atoms with Gasteiger partial charge in [-0.05, 0) is 45.0 Å². The Bertz CT molecular complexity index is 402. The van der Waals surface area contributed by atoms with Gasteiger partial charge in [-0.2, -0.15) is 0 Å². The third-order valence-electron chi connectivity index (χ3n) is 2.93. The summed E-state index contributed by atoms with van der Waals surface area (Å²) in [6.45, 7) is 10.9. The van der Waals surface area contributed by atoms with Crippen LogP contribution in [-0.2, 0) is 6.54 Å². The Hall–Kier alpha value is -0.770. The molecule has 0 spiro atoms.